The van der Waals surface area contributed by atoms with Gasteiger partial charge in [0.1, 0.15) is 12.1 Å². The lowest BCUT2D eigenvalue weighted by atomic mass is 10.1. The lowest BCUT2D eigenvalue weighted by Gasteiger charge is -2.33. The number of carbonyl (C=O) groups is 1. The Morgan fingerprint density at radius 2 is 1.72 bits per heavy atom. The first kappa shape index (κ1) is 21.9. The van der Waals surface area contributed by atoms with Crippen molar-refractivity contribution in [3.05, 3.63) is 72.6 Å². The largest absolute Gasteiger partial charge is 0.351 e. The molecule has 166 valence electrons. The van der Waals surface area contributed by atoms with Crippen LogP contribution in [0.3, 0.4) is 0 Å². The Hall–Kier alpha value is -3.29. The SMILES string of the molecule is CCN1CCN(CCNC(=O)c2cccc(Nc3cc(-c4ccccc4)ncn3)c2)CC1. The van der Waals surface area contributed by atoms with Crippen LogP contribution in [-0.2, 0) is 0 Å². The smallest absolute Gasteiger partial charge is 0.251 e. The second-order valence-corrected chi connectivity index (χ2v) is 7.89. The van der Waals surface area contributed by atoms with Crippen LogP contribution >= 0.6 is 0 Å². The van der Waals surface area contributed by atoms with Crippen LogP contribution in [0.4, 0.5) is 11.5 Å². The first-order valence-electron chi connectivity index (χ1n) is 11.2. The van der Waals surface area contributed by atoms with E-state index in [0.717, 1.165) is 56.2 Å². The predicted octanol–water partition coefficient (Wildman–Crippen LogP) is 3.25. The zero-order chi connectivity index (χ0) is 22.2. The van der Waals surface area contributed by atoms with Gasteiger partial charge in [-0.2, -0.15) is 0 Å². The van der Waals surface area contributed by atoms with Crippen LogP contribution in [0.1, 0.15) is 17.3 Å². The quantitative estimate of drug-likeness (QED) is 0.572. The molecule has 4 rings (SSSR count). The van der Waals surface area contributed by atoms with Crippen LogP contribution in [-0.4, -0.2) is 71.5 Å². The molecule has 32 heavy (non-hydrogen) atoms. The third-order valence-electron chi connectivity index (χ3n) is 5.76. The Bertz CT molecular complexity index is 1020. The number of aromatic nitrogens is 2. The van der Waals surface area contributed by atoms with Crippen LogP contribution in [0.2, 0.25) is 0 Å². The van der Waals surface area contributed by atoms with Gasteiger partial charge in [-0.25, -0.2) is 9.97 Å². The lowest BCUT2D eigenvalue weighted by Crippen LogP contribution is -2.48. The number of amides is 1. The van der Waals surface area contributed by atoms with E-state index >= 15 is 0 Å². The number of nitrogens with zero attached hydrogens (tertiary/aromatic N) is 4. The standard InChI is InChI=1S/C25H30N6O/c1-2-30-13-15-31(16-14-30)12-11-26-25(32)21-9-6-10-22(17-21)29-24-18-23(27-19-28-24)20-7-4-3-5-8-20/h3-10,17-19H,2,11-16H2,1H3,(H,26,32)(H,27,28,29). The van der Waals surface area contributed by atoms with Crippen molar-refractivity contribution in [3.63, 3.8) is 0 Å². The van der Waals surface area contributed by atoms with Gasteiger partial charge in [0.15, 0.2) is 0 Å². The molecule has 0 spiro atoms. The average molecular weight is 431 g/mol. The molecule has 0 bridgehead atoms. The molecule has 3 aromatic rings. The highest BCUT2D eigenvalue weighted by Crippen LogP contribution is 2.21. The molecule has 2 N–H and O–H groups in total. The van der Waals surface area contributed by atoms with Crippen molar-refractivity contribution in [2.45, 2.75) is 6.92 Å². The van der Waals surface area contributed by atoms with E-state index in [1.807, 2.05) is 60.7 Å². The number of rotatable bonds is 8. The van der Waals surface area contributed by atoms with Crippen molar-refractivity contribution in [2.24, 2.45) is 0 Å². The Kier molecular flexibility index (Phi) is 7.42. The second kappa shape index (κ2) is 10.8. The molecule has 1 amide bonds. The number of hydrogen-bond acceptors (Lipinski definition) is 6. The highest BCUT2D eigenvalue weighted by Gasteiger charge is 2.15. The highest BCUT2D eigenvalue weighted by molar-refractivity contribution is 5.95. The van der Waals surface area contributed by atoms with Gasteiger partial charge in [-0.15, -0.1) is 0 Å². The van der Waals surface area contributed by atoms with Gasteiger partial charge in [0.2, 0.25) is 0 Å². The summed E-state index contributed by atoms with van der Waals surface area (Å²) in [6, 6.07) is 19.4. The summed E-state index contributed by atoms with van der Waals surface area (Å²) in [4.78, 5) is 26.2. The molecule has 7 heteroatoms. The summed E-state index contributed by atoms with van der Waals surface area (Å²) in [5, 5.41) is 6.33. The summed E-state index contributed by atoms with van der Waals surface area (Å²) in [5.74, 6) is 0.621. The summed E-state index contributed by atoms with van der Waals surface area (Å²) >= 11 is 0. The molecule has 1 saturated heterocycles. The fourth-order valence-electron chi connectivity index (χ4n) is 3.84. The van der Waals surface area contributed by atoms with Gasteiger partial charge in [-0.05, 0) is 24.7 Å². The number of nitrogens with one attached hydrogen (secondary N) is 2. The molecular formula is C25H30N6O. The topological polar surface area (TPSA) is 73.4 Å². The Morgan fingerprint density at radius 1 is 0.938 bits per heavy atom. The molecule has 2 heterocycles. The first-order valence-corrected chi connectivity index (χ1v) is 11.2. The van der Waals surface area contributed by atoms with Crippen molar-refractivity contribution < 1.29 is 4.79 Å². The number of benzene rings is 2. The van der Waals surface area contributed by atoms with Crippen molar-refractivity contribution in [1.29, 1.82) is 0 Å². The first-order chi connectivity index (χ1) is 15.7. The number of anilines is 2. The molecule has 7 nitrogen and oxygen atoms in total. The minimum absolute atomic E-state index is 0.0616. The van der Waals surface area contributed by atoms with Crippen molar-refractivity contribution in [3.8, 4) is 11.3 Å². The molecule has 0 unspecified atom stereocenters. The highest BCUT2D eigenvalue weighted by atomic mass is 16.1. The zero-order valence-electron chi connectivity index (χ0n) is 18.5. The van der Waals surface area contributed by atoms with E-state index in [-0.39, 0.29) is 5.91 Å². The van der Waals surface area contributed by atoms with Gasteiger partial charge in [-0.3, -0.25) is 9.69 Å². The molecule has 1 aliphatic heterocycles. The number of hydrogen-bond donors (Lipinski definition) is 2. The van der Waals surface area contributed by atoms with Crippen LogP contribution in [0.5, 0.6) is 0 Å². The zero-order valence-corrected chi connectivity index (χ0v) is 18.5. The molecule has 0 saturated carbocycles. The molecular weight excluding hydrogens is 400 g/mol. The van der Waals surface area contributed by atoms with E-state index in [2.05, 4.69) is 37.3 Å². The van der Waals surface area contributed by atoms with Crippen molar-refractivity contribution in [2.75, 3.05) is 51.1 Å². The van der Waals surface area contributed by atoms with Gasteiger partial charge >= 0.3 is 0 Å². The number of likely N-dealkylation sites (N-methyl/N-ethyl adjacent to an activating group) is 1. The van der Waals surface area contributed by atoms with Gasteiger partial charge in [0.05, 0.1) is 5.69 Å². The molecule has 0 atom stereocenters. The maximum Gasteiger partial charge on any atom is 0.251 e. The van der Waals surface area contributed by atoms with E-state index in [0.29, 0.717) is 17.9 Å². The maximum atomic E-state index is 12.6. The average Bonchev–Trinajstić information content (AvgIpc) is 2.85. The fraction of sp³-hybridized carbons (Fsp3) is 0.320. The minimum atomic E-state index is -0.0616. The second-order valence-electron chi connectivity index (χ2n) is 7.89. The minimum Gasteiger partial charge on any atom is -0.351 e. The van der Waals surface area contributed by atoms with Gasteiger partial charge in [-0.1, -0.05) is 43.3 Å². The predicted molar refractivity (Wildman–Crippen MR) is 128 cm³/mol. The van der Waals surface area contributed by atoms with Crippen LogP contribution in [0.15, 0.2) is 67.0 Å². The van der Waals surface area contributed by atoms with Gasteiger partial charge in [0, 0.05) is 62.1 Å². The van der Waals surface area contributed by atoms with E-state index in [9.17, 15) is 4.79 Å². The third kappa shape index (κ3) is 5.90. The Balaban J connectivity index is 1.32. The van der Waals surface area contributed by atoms with Crippen LogP contribution in [0.25, 0.3) is 11.3 Å². The Labute approximate surface area is 189 Å². The van der Waals surface area contributed by atoms with E-state index in [1.165, 1.54) is 0 Å². The van der Waals surface area contributed by atoms with E-state index in [4.69, 9.17) is 0 Å². The van der Waals surface area contributed by atoms with Gasteiger partial charge < -0.3 is 15.5 Å². The lowest BCUT2D eigenvalue weighted by molar-refractivity contribution is 0.0938. The normalized spacial score (nSPS) is 14.8. The summed E-state index contributed by atoms with van der Waals surface area (Å²) in [6.07, 6.45) is 1.54. The number of piperazine rings is 1. The molecule has 1 fully saturated rings. The van der Waals surface area contributed by atoms with E-state index in [1.54, 1.807) is 6.33 Å². The summed E-state index contributed by atoms with van der Waals surface area (Å²) in [6.45, 7) is 9.17. The Morgan fingerprint density at radius 3 is 2.50 bits per heavy atom. The number of carbonyl (C=O) groups excluding carboxylic acids is 1. The van der Waals surface area contributed by atoms with Crippen LogP contribution in [0, 0.1) is 0 Å². The fourth-order valence-corrected chi connectivity index (χ4v) is 3.84. The van der Waals surface area contributed by atoms with Gasteiger partial charge in [0.25, 0.3) is 5.91 Å². The molecule has 2 aromatic carbocycles. The molecule has 0 aliphatic carbocycles. The summed E-state index contributed by atoms with van der Waals surface area (Å²) in [5.41, 5.74) is 3.31. The summed E-state index contributed by atoms with van der Waals surface area (Å²) < 4.78 is 0. The third-order valence-corrected chi connectivity index (χ3v) is 5.76. The monoisotopic (exact) mass is 430 g/mol. The molecule has 1 aliphatic rings. The van der Waals surface area contributed by atoms with E-state index < -0.39 is 0 Å². The summed E-state index contributed by atoms with van der Waals surface area (Å²) in [7, 11) is 0. The molecule has 0 radical (unpaired) electrons. The van der Waals surface area contributed by atoms with Crippen LogP contribution < -0.4 is 10.6 Å². The molecule has 1 aromatic heterocycles. The maximum absolute atomic E-state index is 12.6. The van der Waals surface area contributed by atoms with Crippen molar-refractivity contribution >= 4 is 17.4 Å². The van der Waals surface area contributed by atoms with Crippen molar-refractivity contribution in [1.82, 2.24) is 25.1 Å².